The summed E-state index contributed by atoms with van der Waals surface area (Å²) in [6, 6.07) is 19.0. The molecule has 5 nitrogen and oxygen atoms in total. The van der Waals surface area contributed by atoms with Gasteiger partial charge >= 0.3 is 0 Å². The molecule has 4 rings (SSSR count). The van der Waals surface area contributed by atoms with Crippen molar-refractivity contribution in [1.29, 1.82) is 0 Å². The molecular weight excluding hydrogens is 434 g/mol. The maximum absolute atomic E-state index is 13.0. The molecule has 2 aromatic carbocycles. The SMILES string of the molecule is Cc1ccc(CNC(=O)c2ccc(C)nc2C2CCN(C(=O)c3ccccc3Cl)CC2)cc1. The Morgan fingerprint density at radius 1 is 0.970 bits per heavy atom. The van der Waals surface area contributed by atoms with Crippen LogP contribution in [0.3, 0.4) is 0 Å². The van der Waals surface area contributed by atoms with E-state index in [9.17, 15) is 9.59 Å². The molecule has 6 heteroatoms. The highest BCUT2D eigenvalue weighted by Gasteiger charge is 2.29. The molecule has 1 fully saturated rings. The first kappa shape index (κ1) is 23.0. The number of carbonyl (C=O) groups is 2. The van der Waals surface area contributed by atoms with Crippen LogP contribution < -0.4 is 5.32 Å². The van der Waals surface area contributed by atoms with Crippen LogP contribution in [-0.4, -0.2) is 34.8 Å². The largest absolute Gasteiger partial charge is 0.348 e. The first-order valence-electron chi connectivity index (χ1n) is 11.3. The zero-order chi connectivity index (χ0) is 23.4. The van der Waals surface area contributed by atoms with Crippen LogP contribution in [0.4, 0.5) is 0 Å². The lowest BCUT2D eigenvalue weighted by atomic mass is 9.89. The molecule has 1 aromatic heterocycles. The Labute approximate surface area is 199 Å². The number of hydrogen-bond acceptors (Lipinski definition) is 3. The van der Waals surface area contributed by atoms with E-state index < -0.39 is 0 Å². The van der Waals surface area contributed by atoms with Gasteiger partial charge in [-0.05, 0) is 56.5 Å². The molecule has 0 bridgehead atoms. The summed E-state index contributed by atoms with van der Waals surface area (Å²) in [6.07, 6.45) is 1.51. The molecule has 0 atom stereocenters. The van der Waals surface area contributed by atoms with Gasteiger partial charge in [-0.1, -0.05) is 53.6 Å². The maximum atomic E-state index is 13.0. The third-order valence-electron chi connectivity index (χ3n) is 6.16. The summed E-state index contributed by atoms with van der Waals surface area (Å²) in [4.78, 5) is 32.5. The number of piperidine rings is 1. The Kier molecular flexibility index (Phi) is 7.09. The molecule has 2 heterocycles. The fourth-order valence-corrected chi connectivity index (χ4v) is 4.44. The van der Waals surface area contributed by atoms with Crippen molar-refractivity contribution in [3.05, 3.63) is 99.3 Å². The smallest absolute Gasteiger partial charge is 0.255 e. The summed E-state index contributed by atoms with van der Waals surface area (Å²) in [7, 11) is 0. The van der Waals surface area contributed by atoms with Gasteiger partial charge in [0.1, 0.15) is 0 Å². The van der Waals surface area contributed by atoms with Crippen molar-refractivity contribution < 1.29 is 9.59 Å². The summed E-state index contributed by atoms with van der Waals surface area (Å²) >= 11 is 6.22. The number of nitrogens with zero attached hydrogens (tertiary/aromatic N) is 2. The number of likely N-dealkylation sites (tertiary alicyclic amines) is 1. The molecule has 2 amide bonds. The van der Waals surface area contributed by atoms with Gasteiger partial charge in [0.2, 0.25) is 0 Å². The van der Waals surface area contributed by atoms with E-state index in [1.54, 1.807) is 12.1 Å². The second-order valence-electron chi connectivity index (χ2n) is 8.60. The lowest BCUT2D eigenvalue weighted by Crippen LogP contribution is -2.38. The van der Waals surface area contributed by atoms with Gasteiger partial charge in [0, 0.05) is 31.2 Å². The number of aryl methyl sites for hydroxylation is 2. The fourth-order valence-electron chi connectivity index (χ4n) is 4.22. The summed E-state index contributed by atoms with van der Waals surface area (Å²) in [5.74, 6) is -0.0414. The van der Waals surface area contributed by atoms with Crippen LogP contribution in [0.15, 0.2) is 60.7 Å². The van der Waals surface area contributed by atoms with Crippen molar-refractivity contribution in [2.24, 2.45) is 0 Å². The molecule has 1 aliphatic rings. The van der Waals surface area contributed by atoms with Gasteiger partial charge in [-0.25, -0.2) is 0 Å². The normalized spacial score (nSPS) is 14.2. The van der Waals surface area contributed by atoms with E-state index >= 15 is 0 Å². The zero-order valence-electron chi connectivity index (χ0n) is 19.0. The lowest BCUT2D eigenvalue weighted by Gasteiger charge is -2.32. The van der Waals surface area contributed by atoms with Crippen LogP contribution in [0.25, 0.3) is 0 Å². The highest BCUT2D eigenvalue weighted by Crippen LogP contribution is 2.31. The summed E-state index contributed by atoms with van der Waals surface area (Å²) in [6.45, 7) is 5.66. The summed E-state index contributed by atoms with van der Waals surface area (Å²) in [5, 5.41) is 3.50. The van der Waals surface area contributed by atoms with Crippen LogP contribution in [-0.2, 0) is 6.54 Å². The number of rotatable bonds is 5. The third kappa shape index (κ3) is 5.42. The Morgan fingerprint density at radius 3 is 2.36 bits per heavy atom. The molecule has 0 unspecified atom stereocenters. The van der Waals surface area contributed by atoms with Crippen molar-refractivity contribution in [2.75, 3.05) is 13.1 Å². The first-order valence-corrected chi connectivity index (χ1v) is 11.7. The third-order valence-corrected chi connectivity index (χ3v) is 6.48. The average molecular weight is 462 g/mol. The highest BCUT2D eigenvalue weighted by molar-refractivity contribution is 6.33. The molecule has 0 radical (unpaired) electrons. The van der Waals surface area contributed by atoms with Gasteiger partial charge in [-0.3, -0.25) is 14.6 Å². The highest BCUT2D eigenvalue weighted by atomic mass is 35.5. The van der Waals surface area contributed by atoms with Gasteiger partial charge in [-0.2, -0.15) is 0 Å². The molecule has 33 heavy (non-hydrogen) atoms. The Morgan fingerprint density at radius 2 is 1.67 bits per heavy atom. The number of halogens is 1. The van der Waals surface area contributed by atoms with Crippen molar-refractivity contribution in [1.82, 2.24) is 15.2 Å². The van der Waals surface area contributed by atoms with E-state index in [4.69, 9.17) is 16.6 Å². The Balaban J connectivity index is 1.44. The number of benzene rings is 2. The van der Waals surface area contributed by atoms with Crippen molar-refractivity contribution in [3.63, 3.8) is 0 Å². The van der Waals surface area contributed by atoms with Crippen molar-refractivity contribution in [3.8, 4) is 0 Å². The molecule has 1 N–H and O–H groups in total. The molecule has 1 saturated heterocycles. The fraction of sp³-hybridized carbons (Fsp3) is 0.296. The van der Waals surface area contributed by atoms with Crippen LogP contribution >= 0.6 is 11.6 Å². The number of hydrogen-bond donors (Lipinski definition) is 1. The second kappa shape index (κ2) is 10.2. The van der Waals surface area contributed by atoms with Crippen molar-refractivity contribution >= 4 is 23.4 Å². The standard InChI is InChI=1S/C27H28ClN3O2/c1-18-7-10-20(11-8-18)17-29-26(32)23-12-9-19(2)30-25(23)21-13-15-31(16-14-21)27(33)22-5-3-4-6-24(22)28/h3-12,21H,13-17H2,1-2H3,(H,29,32). The van der Waals surface area contributed by atoms with Gasteiger partial charge in [0.05, 0.1) is 21.8 Å². The van der Waals surface area contributed by atoms with E-state index in [-0.39, 0.29) is 17.7 Å². The quantitative estimate of drug-likeness (QED) is 0.560. The van der Waals surface area contributed by atoms with E-state index in [1.807, 2.05) is 67.3 Å². The Hall–Kier alpha value is -3.18. The first-order chi connectivity index (χ1) is 15.9. The van der Waals surface area contributed by atoms with E-state index in [0.29, 0.717) is 35.8 Å². The number of amides is 2. The number of pyridine rings is 1. The monoisotopic (exact) mass is 461 g/mol. The van der Waals surface area contributed by atoms with E-state index in [0.717, 1.165) is 29.8 Å². The van der Waals surface area contributed by atoms with Gasteiger partial charge in [-0.15, -0.1) is 0 Å². The van der Waals surface area contributed by atoms with Crippen LogP contribution in [0.2, 0.25) is 5.02 Å². The van der Waals surface area contributed by atoms with E-state index in [1.165, 1.54) is 5.56 Å². The van der Waals surface area contributed by atoms with E-state index in [2.05, 4.69) is 5.32 Å². The molecular formula is C27H28ClN3O2. The average Bonchev–Trinajstić information content (AvgIpc) is 2.83. The van der Waals surface area contributed by atoms with Gasteiger partial charge < -0.3 is 10.2 Å². The topological polar surface area (TPSA) is 62.3 Å². The minimum atomic E-state index is -0.118. The molecule has 0 aliphatic carbocycles. The Bertz CT molecular complexity index is 1150. The second-order valence-corrected chi connectivity index (χ2v) is 9.01. The summed E-state index contributed by atoms with van der Waals surface area (Å²) < 4.78 is 0. The van der Waals surface area contributed by atoms with Crippen LogP contribution in [0.5, 0.6) is 0 Å². The number of aromatic nitrogens is 1. The van der Waals surface area contributed by atoms with Gasteiger partial charge in [0.15, 0.2) is 0 Å². The molecule has 3 aromatic rings. The lowest BCUT2D eigenvalue weighted by molar-refractivity contribution is 0.0710. The van der Waals surface area contributed by atoms with Gasteiger partial charge in [0.25, 0.3) is 11.8 Å². The molecule has 0 spiro atoms. The zero-order valence-corrected chi connectivity index (χ0v) is 19.7. The minimum absolute atomic E-state index is 0.0488. The van der Waals surface area contributed by atoms with Crippen LogP contribution in [0, 0.1) is 13.8 Å². The van der Waals surface area contributed by atoms with Crippen LogP contribution in [0.1, 0.15) is 62.0 Å². The van der Waals surface area contributed by atoms with Crippen molar-refractivity contribution in [2.45, 2.75) is 39.2 Å². The predicted octanol–water partition coefficient (Wildman–Crippen LogP) is 5.30. The molecule has 1 aliphatic heterocycles. The predicted molar refractivity (Wildman–Crippen MR) is 131 cm³/mol. The number of carbonyl (C=O) groups excluding carboxylic acids is 2. The summed E-state index contributed by atoms with van der Waals surface area (Å²) in [5.41, 5.74) is 5.10. The molecule has 0 saturated carbocycles. The maximum Gasteiger partial charge on any atom is 0.255 e. The molecule has 170 valence electrons. The minimum Gasteiger partial charge on any atom is -0.348 e. The number of nitrogens with one attached hydrogen (secondary N) is 1.